The van der Waals surface area contributed by atoms with Gasteiger partial charge in [-0.3, -0.25) is 0 Å². The first-order chi connectivity index (χ1) is 9.26. The van der Waals surface area contributed by atoms with Gasteiger partial charge in [0.05, 0.1) is 0 Å². The van der Waals surface area contributed by atoms with E-state index in [0.29, 0.717) is 11.5 Å². The van der Waals surface area contributed by atoms with Crippen LogP contribution in [-0.4, -0.2) is 13.1 Å². The zero-order chi connectivity index (χ0) is 13.3. The molecule has 1 nitrogen and oxygen atoms in total. The molecule has 1 aromatic carbocycles. The first kappa shape index (κ1) is 13.3. The maximum absolute atomic E-state index is 3.65. The lowest BCUT2D eigenvalue weighted by Crippen LogP contribution is -2.39. The number of rotatable bonds is 5. The smallest absolute Gasteiger partial charge is 0.0314 e. The van der Waals surface area contributed by atoms with Crippen molar-refractivity contribution in [2.45, 2.75) is 30.7 Å². The predicted octanol–water partition coefficient (Wildman–Crippen LogP) is 4.37. The van der Waals surface area contributed by atoms with E-state index in [1.807, 2.05) is 11.3 Å². The molecule has 1 aliphatic carbocycles. The van der Waals surface area contributed by atoms with Gasteiger partial charge in [0.15, 0.2) is 0 Å². The van der Waals surface area contributed by atoms with E-state index in [9.17, 15) is 0 Å². The summed E-state index contributed by atoms with van der Waals surface area (Å²) in [6, 6.07) is 13.6. The van der Waals surface area contributed by atoms with Crippen LogP contribution in [0.4, 0.5) is 0 Å². The molecular weight excluding hydrogens is 318 g/mol. The highest BCUT2D eigenvalue weighted by atomic mass is 79.9. The Balaban J connectivity index is 1.85. The van der Waals surface area contributed by atoms with Gasteiger partial charge in [-0.1, -0.05) is 30.3 Å². The first-order valence-corrected chi connectivity index (χ1v) is 8.38. The largest absolute Gasteiger partial charge is 0.316 e. The summed E-state index contributed by atoms with van der Waals surface area (Å²) in [6.07, 6.45) is 3.70. The van der Waals surface area contributed by atoms with Gasteiger partial charge in [-0.15, -0.1) is 11.3 Å². The Hall–Kier alpha value is -0.640. The third kappa shape index (κ3) is 2.51. The molecular formula is C16H18BrNS. The van der Waals surface area contributed by atoms with Crippen LogP contribution in [0.2, 0.25) is 0 Å². The number of likely N-dealkylation sites (N-methyl/N-ethyl adjacent to an activating group) is 1. The molecule has 19 heavy (non-hydrogen) atoms. The summed E-state index contributed by atoms with van der Waals surface area (Å²) in [5, 5.41) is 5.72. The molecule has 1 aliphatic rings. The fourth-order valence-electron chi connectivity index (χ4n) is 2.97. The molecule has 1 atom stereocenters. The van der Waals surface area contributed by atoms with Crippen molar-refractivity contribution < 1.29 is 0 Å². The van der Waals surface area contributed by atoms with Crippen LogP contribution >= 0.6 is 27.3 Å². The Morgan fingerprint density at radius 1 is 1.26 bits per heavy atom. The highest BCUT2D eigenvalue weighted by Crippen LogP contribution is 2.52. The Labute approximate surface area is 127 Å². The third-order valence-corrected chi connectivity index (χ3v) is 6.18. The van der Waals surface area contributed by atoms with Crippen molar-refractivity contribution in [2.75, 3.05) is 7.05 Å². The van der Waals surface area contributed by atoms with E-state index in [-0.39, 0.29) is 0 Å². The van der Waals surface area contributed by atoms with Crippen LogP contribution in [0.5, 0.6) is 0 Å². The summed E-state index contributed by atoms with van der Waals surface area (Å²) in [5.41, 5.74) is 1.83. The van der Waals surface area contributed by atoms with Gasteiger partial charge in [0.25, 0.3) is 0 Å². The molecule has 1 heterocycles. The number of thiophene rings is 1. The van der Waals surface area contributed by atoms with Crippen LogP contribution in [0.1, 0.15) is 23.3 Å². The van der Waals surface area contributed by atoms with Gasteiger partial charge in [0.1, 0.15) is 0 Å². The van der Waals surface area contributed by atoms with Crippen molar-refractivity contribution in [2.24, 2.45) is 0 Å². The third-order valence-electron chi connectivity index (χ3n) is 4.23. The molecule has 2 aromatic rings. The highest BCUT2D eigenvalue weighted by Gasteiger charge is 2.50. The van der Waals surface area contributed by atoms with Gasteiger partial charge in [-0.05, 0) is 59.2 Å². The molecule has 1 N–H and O–H groups in total. The second kappa shape index (κ2) is 5.39. The molecule has 0 radical (unpaired) electrons. The Kier molecular flexibility index (Phi) is 3.79. The summed E-state index contributed by atoms with van der Waals surface area (Å²) in [5.74, 6) is 0. The van der Waals surface area contributed by atoms with Gasteiger partial charge in [0.2, 0.25) is 0 Å². The molecule has 0 bridgehead atoms. The maximum Gasteiger partial charge on any atom is 0.0314 e. The Bertz CT molecular complexity index is 545. The van der Waals surface area contributed by atoms with E-state index in [1.54, 1.807) is 0 Å². The highest BCUT2D eigenvalue weighted by molar-refractivity contribution is 9.10. The number of halogens is 1. The van der Waals surface area contributed by atoms with E-state index in [2.05, 4.69) is 70.1 Å². The van der Waals surface area contributed by atoms with Crippen molar-refractivity contribution in [3.63, 3.8) is 0 Å². The van der Waals surface area contributed by atoms with E-state index >= 15 is 0 Å². The average molecular weight is 336 g/mol. The Morgan fingerprint density at radius 2 is 2.00 bits per heavy atom. The number of hydrogen-bond donors (Lipinski definition) is 1. The van der Waals surface area contributed by atoms with Gasteiger partial charge in [-0.25, -0.2) is 0 Å². The number of hydrogen-bond acceptors (Lipinski definition) is 2. The SMILES string of the molecule is CNC(Cc1sccc1Br)C1(c2ccccc2)CC1. The summed E-state index contributed by atoms with van der Waals surface area (Å²) >= 11 is 5.50. The fraction of sp³-hybridized carbons (Fsp3) is 0.375. The molecule has 1 saturated carbocycles. The summed E-state index contributed by atoms with van der Waals surface area (Å²) in [6.45, 7) is 0. The fourth-order valence-corrected chi connectivity index (χ4v) is 4.53. The molecule has 3 rings (SSSR count). The monoisotopic (exact) mass is 335 g/mol. The standard InChI is InChI=1S/C16H18BrNS/c1-18-15(11-14-13(17)7-10-19-14)16(8-9-16)12-5-3-2-4-6-12/h2-7,10,15,18H,8-9,11H2,1H3. The zero-order valence-corrected chi connectivity index (χ0v) is 13.4. The summed E-state index contributed by atoms with van der Waals surface area (Å²) < 4.78 is 1.25. The van der Waals surface area contributed by atoms with Gasteiger partial charge < -0.3 is 5.32 Å². The lowest BCUT2D eigenvalue weighted by molar-refractivity contribution is 0.444. The summed E-state index contributed by atoms with van der Waals surface area (Å²) in [4.78, 5) is 1.45. The van der Waals surface area contributed by atoms with Gasteiger partial charge in [-0.2, -0.15) is 0 Å². The Morgan fingerprint density at radius 3 is 2.53 bits per heavy atom. The second-order valence-corrected chi connectivity index (χ2v) is 7.11. The second-order valence-electron chi connectivity index (χ2n) is 5.26. The molecule has 1 fully saturated rings. The molecule has 1 aromatic heterocycles. The van der Waals surface area contributed by atoms with Gasteiger partial charge in [0, 0.05) is 20.8 Å². The molecule has 0 saturated heterocycles. The van der Waals surface area contributed by atoms with Crippen molar-refractivity contribution in [3.8, 4) is 0 Å². The van der Waals surface area contributed by atoms with Crippen LogP contribution in [-0.2, 0) is 11.8 Å². The molecule has 100 valence electrons. The number of nitrogens with one attached hydrogen (secondary N) is 1. The van der Waals surface area contributed by atoms with E-state index in [0.717, 1.165) is 6.42 Å². The molecule has 0 aliphatic heterocycles. The van der Waals surface area contributed by atoms with Crippen molar-refractivity contribution >= 4 is 27.3 Å². The van der Waals surface area contributed by atoms with E-state index in [4.69, 9.17) is 0 Å². The maximum atomic E-state index is 3.65. The van der Waals surface area contributed by atoms with E-state index < -0.39 is 0 Å². The minimum absolute atomic E-state index is 0.347. The van der Waals surface area contributed by atoms with Crippen LogP contribution < -0.4 is 5.32 Å². The van der Waals surface area contributed by atoms with Crippen molar-refractivity contribution in [3.05, 3.63) is 56.7 Å². The minimum atomic E-state index is 0.347. The average Bonchev–Trinajstić information content (AvgIpc) is 3.16. The zero-order valence-electron chi connectivity index (χ0n) is 11.0. The van der Waals surface area contributed by atoms with Crippen LogP contribution in [0, 0.1) is 0 Å². The summed E-state index contributed by atoms with van der Waals surface area (Å²) in [7, 11) is 2.09. The quantitative estimate of drug-likeness (QED) is 0.855. The normalized spacial score (nSPS) is 18.2. The minimum Gasteiger partial charge on any atom is -0.316 e. The van der Waals surface area contributed by atoms with Crippen LogP contribution in [0.25, 0.3) is 0 Å². The van der Waals surface area contributed by atoms with Crippen LogP contribution in [0.3, 0.4) is 0 Å². The number of benzene rings is 1. The van der Waals surface area contributed by atoms with Gasteiger partial charge >= 0.3 is 0 Å². The molecule has 0 spiro atoms. The van der Waals surface area contributed by atoms with Crippen LogP contribution in [0.15, 0.2) is 46.3 Å². The molecule has 1 unspecified atom stereocenters. The first-order valence-electron chi connectivity index (χ1n) is 6.71. The topological polar surface area (TPSA) is 12.0 Å². The molecule has 0 amide bonds. The predicted molar refractivity (Wildman–Crippen MR) is 85.9 cm³/mol. The lowest BCUT2D eigenvalue weighted by Gasteiger charge is -2.27. The van der Waals surface area contributed by atoms with Crippen molar-refractivity contribution in [1.82, 2.24) is 5.32 Å². The van der Waals surface area contributed by atoms with E-state index in [1.165, 1.54) is 27.8 Å². The lowest BCUT2D eigenvalue weighted by atomic mass is 9.86. The van der Waals surface area contributed by atoms with Crippen molar-refractivity contribution in [1.29, 1.82) is 0 Å². The molecule has 3 heteroatoms.